The number of rotatable bonds is 1. The second kappa shape index (κ2) is 3.95. The molecule has 2 heteroatoms. The highest BCUT2D eigenvalue weighted by molar-refractivity contribution is 6.02. The third kappa shape index (κ3) is 1.91. The molecule has 3 atom stereocenters. The lowest BCUT2D eigenvalue weighted by Crippen LogP contribution is -2.43. The summed E-state index contributed by atoms with van der Waals surface area (Å²) in [6, 6.07) is 10.3. The molecule has 1 saturated carbocycles. The third-order valence-electron chi connectivity index (χ3n) is 4.28. The van der Waals surface area contributed by atoms with Gasteiger partial charge in [0.25, 0.3) is 0 Å². The van der Waals surface area contributed by atoms with Crippen molar-refractivity contribution < 1.29 is 5.11 Å². The Morgan fingerprint density at radius 2 is 2.06 bits per heavy atom. The van der Waals surface area contributed by atoms with Crippen molar-refractivity contribution in [2.24, 2.45) is 16.8 Å². The molecule has 2 bridgehead atoms. The van der Waals surface area contributed by atoms with E-state index in [0.717, 1.165) is 25.0 Å². The number of hydrogen-bond donors (Lipinski definition) is 1. The van der Waals surface area contributed by atoms with Crippen LogP contribution in [0.2, 0.25) is 0 Å². The Balaban J connectivity index is 2.04. The lowest BCUT2D eigenvalue weighted by Gasteiger charge is -2.42. The number of aliphatic hydroxyl groups is 1. The van der Waals surface area contributed by atoms with E-state index in [1.165, 1.54) is 12.0 Å². The monoisotopic (exact) mass is 229 g/mol. The first kappa shape index (κ1) is 11.0. The van der Waals surface area contributed by atoms with Gasteiger partial charge in [0.05, 0.1) is 0 Å². The molecule has 1 heterocycles. The van der Waals surface area contributed by atoms with E-state index in [9.17, 15) is 5.11 Å². The number of hydrogen-bond acceptors (Lipinski definition) is 2. The van der Waals surface area contributed by atoms with Gasteiger partial charge in [0.15, 0.2) is 5.72 Å². The number of aliphatic imine (C=N–C) groups is 1. The zero-order valence-electron chi connectivity index (χ0n) is 10.3. The average Bonchev–Trinajstić information content (AvgIpc) is 2.35. The zero-order chi connectivity index (χ0) is 11.9. The van der Waals surface area contributed by atoms with Crippen LogP contribution in [0.25, 0.3) is 0 Å². The van der Waals surface area contributed by atoms with Crippen molar-refractivity contribution >= 4 is 5.71 Å². The van der Waals surface area contributed by atoms with Crippen LogP contribution in [0.3, 0.4) is 0 Å². The van der Waals surface area contributed by atoms with E-state index < -0.39 is 5.72 Å². The highest BCUT2D eigenvalue weighted by atomic mass is 16.3. The smallest absolute Gasteiger partial charge is 0.156 e. The van der Waals surface area contributed by atoms with Gasteiger partial charge in [-0.05, 0) is 30.7 Å². The number of benzene rings is 1. The van der Waals surface area contributed by atoms with E-state index in [1.54, 1.807) is 0 Å². The summed E-state index contributed by atoms with van der Waals surface area (Å²) >= 11 is 0. The predicted molar refractivity (Wildman–Crippen MR) is 69.1 cm³/mol. The zero-order valence-corrected chi connectivity index (χ0v) is 10.3. The summed E-state index contributed by atoms with van der Waals surface area (Å²) in [6.45, 7) is 2.25. The fourth-order valence-corrected chi connectivity index (χ4v) is 3.29. The summed E-state index contributed by atoms with van der Waals surface area (Å²) in [6.07, 6.45) is 4.02. The number of fused-ring (bicyclic) bond motifs is 2. The Kier molecular flexibility index (Phi) is 2.55. The van der Waals surface area contributed by atoms with Crippen molar-refractivity contribution in [2.45, 2.75) is 38.3 Å². The first-order valence-electron chi connectivity index (χ1n) is 6.55. The van der Waals surface area contributed by atoms with Crippen molar-refractivity contribution in [1.82, 2.24) is 0 Å². The molecule has 1 N–H and O–H groups in total. The first-order chi connectivity index (χ1) is 8.18. The molecule has 2 nitrogen and oxygen atoms in total. The molecule has 0 spiro atoms. The second-order valence-electron chi connectivity index (χ2n) is 5.49. The molecule has 1 aliphatic heterocycles. The van der Waals surface area contributed by atoms with Gasteiger partial charge in [-0.3, -0.25) is 4.99 Å². The fourth-order valence-electron chi connectivity index (χ4n) is 3.29. The summed E-state index contributed by atoms with van der Waals surface area (Å²) in [4.78, 5) is 4.66. The minimum absolute atomic E-state index is 0.470. The molecule has 1 aromatic rings. The van der Waals surface area contributed by atoms with Crippen molar-refractivity contribution in [3.05, 3.63) is 35.9 Å². The van der Waals surface area contributed by atoms with Crippen LogP contribution in [-0.2, 0) is 0 Å². The molecule has 0 unspecified atom stereocenters. The normalized spacial score (nSPS) is 36.5. The second-order valence-corrected chi connectivity index (χ2v) is 5.49. The molecule has 90 valence electrons. The Bertz CT molecular complexity index is 439. The first-order valence-corrected chi connectivity index (χ1v) is 6.55. The van der Waals surface area contributed by atoms with Crippen molar-refractivity contribution in [3.8, 4) is 0 Å². The Morgan fingerprint density at radius 1 is 1.29 bits per heavy atom. The highest BCUT2D eigenvalue weighted by Gasteiger charge is 2.42. The molecule has 1 fully saturated rings. The lowest BCUT2D eigenvalue weighted by molar-refractivity contribution is -0.0219. The molecule has 0 aromatic heterocycles. The predicted octanol–water partition coefficient (Wildman–Crippen LogP) is 3.00. The quantitative estimate of drug-likeness (QED) is 0.789. The summed E-state index contributed by atoms with van der Waals surface area (Å²) < 4.78 is 0. The molecule has 3 rings (SSSR count). The van der Waals surface area contributed by atoms with Gasteiger partial charge in [-0.2, -0.15) is 0 Å². The Labute approximate surface area is 102 Å². The van der Waals surface area contributed by atoms with Crippen LogP contribution >= 0.6 is 0 Å². The summed E-state index contributed by atoms with van der Waals surface area (Å²) in [5, 5.41) is 10.5. The van der Waals surface area contributed by atoms with Crippen LogP contribution < -0.4 is 0 Å². The van der Waals surface area contributed by atoms with Crippen LogP contribution in [0.1, 0.15) is 38.2 Å². The van der Waals surface area contributed by atoms with Gasteiger partial charge in [0.1, 0.15) is 0 Å². The standard InChI is InChI=1S/C15H19NO/c1-11-13-8-5-9-15(17,10-13)16-14(11)12-6-3-2-4-7-12/h2-4,6-7,11,13,17H,5,8-10H2,1H3/t11-,13+,15+/m1/s1. The fraction of sp³-hybridized carbons (Fsp3) is 0.533. The molecule has 2 aliphatic rings. The van der Waals surface area contributed by atoms with E-state index >= 15 is 0 Å². The van der Waals surface area contributed by atoms with Crippen LogP contribution in [0.15, 0.2) is 35.3 Å². The molecule has 17 heavy (non-hydrogen) atoms. The van der Waals surface area contributed by atoms with E-state index in [2.05, 4.69) is 24.0 Å². The maximum atomic E-state index is 10.5. The van der Waals surface area contributed by atoms with Gasteiger partial charge < -0.3 is 5.11 Å². The van der Waals surface area contributed by atoms with Crippen LogP contribution in [0.5, 0.6) is 0 Å². The molecule has 0 saturated heterocycles. The number of nitrogens with zero attached hydrogens (tertiary/aromatic N) is 1. The summed E-state index contributed by atoms with van der Waals surface area (Å²) in [7, 11) is 0. The Hall–Kier alpha value is -1.15. The highest BCUT2D eigenvalue weighted by Crippen LogP contribution is 2.42. The molecule has 0 radical (unpaired) electrons. The SMILES string of the molecule is C[C@H]1C(c2ccccc2)=N[C@]2(O)CCC[C@H]1C2. The van der Waals surface area contributed by atoms with Gasteiger partial charge in [-0.1, -0.05) is 37.3 Å². The van der Waals surface area contributed by atoms with Crippen LogP contribution in [-0.4, -0.2) is 16.5 Å². The molecule has 1 aliphatic carbocycles. The van der Waals surface area contributed by atoms with Crippen molar-refractivity contribution in [2.75, 3.05) is 0 Å². The van der Waals surface area contributed by atoms with Crippen LogP contribution in [0.4, 0.5) is 0 Å². The van der Waals surface area contributed by atoms with E-state index in [0.29, 0.717) is 11.8 Å². The maximum Gasteiger partial charge on any atom is 0.156 e. The topological polar surface area (TPSA) is 32.6 Å². The van der Waals surface area contributed by atoms with Gasteiger partial charge in [-0.25, -0.2) is 0 Å². The van der Waals surface area contributed by atoms with Crippen LogP contribution in [0, 0.1) is 11.8 Å². The Morgan fingerprint density at radius 3 is 2.82 bits per heavy atom. The largest absolute Gasteiger partial charge is 0.369 e. The minimum Gasteiger partial charge on any atom is -0.369 e. The third-order valence-corrected chi connectivity index (χ3v) is 4.28. The van der Waals surface area contributed by atoms with E-state index in [1.807, 2.05) is 18.2 Å². The van der Waals surface area contributed by atoms with E-state index in [4.69, 9.17) is 0 Å². The summed E-state index contributed by atoms with van der Waals surface area (Å²) in [5.74, 6) is 1.07. The van der Waals surface area contributed by atoms with Gasteiger partial charge in [0.2, 0.25) is 0 Å². The minimum atomic E-state index is -0.777. The van der Waals surface area contributed by atoms with Gasteiger partial charge >= 0.3 is 0 Å². The van der Waals surface area contributed by atoms with Crippen molar-refractivity contribution in [3.63, 3.8) is 0 Å². The maximum absolute atomic E-state index is 10.5. The molecule has 0 amide bonds. The van der Waals surface area contributed by atoms with E-state index in [-0.39, 0.29) is 0 Å². The molecular formula is C15H19NO. The average molecular weight is 229 g/mol. The summed E-state index contributed by atoms with van der Waals surface area (Å²) in [5.41, 5.74) is 1.50. The van der Waals surface area contributed by atoms with Gasteiger partial charge in [0, 0.05) is 18.1 Å². The molecular weight excluding hydrogens is 210 g/mol. The van der Waals surface area contributed by atoms with Gasteiger partial charge in [-0.15, -0.1) is 0 Å². The lowest BCUT2D eigenvalue weighted by atomic mass is 9.71. The molecule has 1 aromatic carbocycles. The van der Waals surface area contributed by atoms with Crippen molar-refractivity contribution in [1.29, 1.82) is 0 Å².